The molecule has 1 rings (SSSR count). The molecule has 72 valence electrons. The minimum Gasteiger partial charge on any atom is -0.394 e. The van der Waals surface area contributed by atoms with Crippen LogP contribution >= 0.6 is 0 Å². The van der Waals surface area contributed by atoms with Crippen LogP contribution in [0.3, 0.4) is 0 Å². The van der Waals surface area contributed by atoms with Gasteiger partial charge in [0.15, 0.2) is 6.29 Å². The van der Waals surface area contributed by atoms with Crippen molar-refractivity contribution in [1.29, 1.82) is 0 Å². The van der Waals surface area contributed by atoms with Crippen LogP contribution in [0.4, 0.5) is 0 Å². The number of ether oxygens (including phenoxy) is 1. The minimum absolute atomic E-state index is 0.470. The fraction of sp³-hybridized carbons (Fsp3) is 1.00. The van der Waals surface area contributed by atoms with E-state index in [0.717, 1.165) is 0 Å². The number of aliphatic hydroxyl groups is 4. The fourth-order valence-electron chi connectivity index (χ4n) is 1.12. The molecule has 0 amide bonds. The van der Waals surface area contributed by atoms with Crippen LogP contribution in [0.5, 0.6) is 0 Å². The van der Waals surface area contributed by atoms with E-state index in [2.05, 4.69) is 0 Å². The van der Waals surface area contributed by atoms with E-state index in [0.29, 0.717) is 0 Å². The molecule has 0 aromatic carbocycles. The zero-order valence-corrected chi connectivity index (χ0v) is 6.37. The Balaban J connectivity index is 2.63. The van der Waals surface area contributed by atoms with Crippen molar-refractivity contribution in [3.05, 3.63) is 0 Å². The Bertz CT molecular complexity index is 150. The van der Waals surface area contributed by atoms with Crippen LogP contribution in [0.15, 0.2) is 0 Å². The molecule has 0 aromatic rings. The summed E-state index contributed by atoms with van der Waals surface area (Å²) in [6.07, 6.45) is -4.85. The normalized spacial score (nSPS) is 49.2. The second-order valence-corrected chi connectivity index (χ2v) is 2.81. The van der Waals surface area contributed by atoms with Gasteiger partial charge in [-0.05, 0) is 0 Å². The van der Waals surface area contributed by atoms with Crippen LogP contribution in [0.25, 0.3) is 0 Å². The summed E-state index contributed by atoms with van der Waals surface area (Å²) in [4.78, 5) is 0. The van der Waals surface area contributed by atoms with Crippen molar-refractivity contribution >= 4 is 0 Å². The van der Waals surface area contributed by atoms with Crippen LogP contribution in [-0.2, 0) is 4.74 Å². The van der Waals surface area contributed by atoms with Crippen LogP contribution < -0.4 is 5.73 Å². The first-order chi connectivity index (χ1) is 5.57. The molecular formula is C6H13NO5. The molecule has 0 aliphatic carbocycles. The molecule has 6 N–H and O–H groups in total. The van der Waals surface area contributed by atoms with Crippen molar-refractivity contribution in [2.45, 2.75) is 30.6 Å². The Morgan fingerprint density at radius 1 is 1.17 bits per heavy atom. The van der Waals surface area contributed by atoms with Crippen LogP contribution in [0, 0.1) is 0 Å². The third kappa shape index (κ3) is 1.58. The number of aliphatic hydroxyl groups excluding tert-OH is 4. The van der Waals surface area contributed by atoms with Gasteiger partial charge in [0.2, 0.25) is 0 Å². The minimum atomic E-state index is -1.35. The molecule has 0 bridgehead atoms. The average Bonchev–Trinajstić information content (AvgIpc) is 2.08. The standard InChI is InChI=1S/C6H13NO5/c7-3-5(10)4(9)2(1-8)12-6(3)11/h2-6,8-11H,1,7H2/t2?,3-,4-,5?,6+/m0/s1. The third-order valence-corrected chi connectivity index (χ3v) is 1.95. The van der Waals surface area contributed by atoms with E-state index >= 15 is 0 Å². The topological polar surface area (TPSA) is 116 Å². The Labute approximate surface area is 69.2 Å². The second-order valence-electron chi connectivity index (χ2n) is 2.81. The summed E-state index contributed by atoms with van der Waals surface area (Å²) < 4.78 is 4.70. The lowest BCUT2D eigenvalue weighted by Gasteiger charge is -2.38. The summed E-state index contributed by atoms with van der Waals surface area (Å²) in [6.45, 7) is -0.470. The molecule has 6 nitrogen and oxygen atoms in total. The fourth-order valence-corrected chi connectivity index (χ4v) is 1.12. The largest absolute Gasteiger partial charge is 0.394 e. The van der Waals surface area contributed by atoms with Gasteiger partial charge in [-0.25, -0.2) is 0 Å². The van der Waals surface area contributed by atoms with E-state index in [1.54, 1.807) is 0 Å². The molecule has 1 aliphatic heterocycles. The summed E-state index contributed by atoms with van der Waals surface area (Å²) in [5, 5.41) is 36.1. The van der Waals surface area contributed by atoms with Gasteiger partial charge < -0.3 is 30.9 Å². The van der Waals surface area contributed by atoms with Crippen molar-refractivity contribution in [1.82, 2.24) is 0 Å². The predicted molar refractivity (Wildman–Crippen MR) is 38.0 cm³/mol. The molecule has 0 aromatic heterocycles. The Morgan fingerprint density at radius 2 is 1.75 bits per heavy atom. The third-order valence-electron chi connectivity index (χ3n) is 1.95. The SMILES string of the molecule is N[C@H]1C(O)[C@@H](O)C(CO)O[C@H]1O. The lowest BCUT2D eigenvalue weighted by molar-refractivity contribution is -0.248. The van der Waals surface area contributed by atoms with E-state index in [9.17, 15) is 10.2 Å². The molecule has 2 unspecified atom stereocenters. The zero-order chi connectivity index (χ0) is 9.30. The highest BCUT2D eigenvalue weighted by atomic mass is 16.6. The Kier molecular flexibility index (Phi) is 2.99. The Hall–Kier alpha value is -0.240. The molecule has 1 heterocycles. The number of hydrogen-bond acceptors (Lipinski definition) is 6. The molecule has 0 spiro atoms. The molecular weight excluding hydrogens is 166 g/mol. The maximum atomic E-state index is 9.20. The smallest absolute Gasteiger partial charge is 0.173 e. The van der Waals surface area contributed by atoms with Gasteiger partial charge in [-0.2, -0.15) is 0 Å². The molecule has 1 saturated heterocycles. The molecule has 0 saturated carbocycles. The second kappa shape index (κ2) is 3.65. The van der Waals surface area contributed by atoms with Gasteiger partial charge in [0, 0.05) is 0 Å². The number of nitrogens with two attached hydrogens (primary N) is 1. The maximum absolute atomic E-state index is 9.20. The van der Waals surface area contributed by atoms with Gasteiger partial charge in [0.1, 0.15) is 18.3 Å². The van der Waals surface area contributed by atoms with E-state index < -0.39 is 37.3 Å². The first kappa shape index (κ1) is 9.85. The van der Waals surface area contributed by atoms with Gasteiger partial charge in [-0.3, -0.25) is 0 Å². The van der Waals surface area contributed by atoms with E-state index in [1.165, 1.54) is 0 Å². The lowest BCUT2D eigenvalue weighted by Crippen LogP contribution is -2.61. The highest BCUT2D eigenvalue weighted by Crippen LogP contribution is 2.17. The number of hydrogen-bond donors (Lipinski definition) is 5. The monoisotopic (exact) mass is 179 g/mol. The highest BCUT2D eigenvalue weighted by Gasteiger charge is 2.41. The van der Waals surface area contributed by atoms with Gasteiger partial charge in [-0.1, -0.05) is 0 Å². The maximum Gasteiger partial charge on any atom is 0.173 e. The first-order valence-electron chi connectivity index (χ1n) is 3.64. The van der Waals surface area contributed by atoms with Crippen molar-refractivity contribution in [3.8, 4) is 0 Å². The summed E-state index contributed by atoms with van der Waals surface area (Å²) in [7, 11) is 0. The molecule has 1 aliphatic rings. The molecule has 12 heavy (non-hydrogen) atoms. The first-order valence-corrected chi connectivity index (χ1v) is 3.64. The molecule has 0 radical (unpaired) electrons. The molecule has 6 heteroatoms. The highest BCUT2D eigenvalue weighted by molar-refractivity contribution is 4.90. The van der Waals surface area contributed by atoms with E-state index in [4.69, 9.17) is 20.7 Å². The zero-order valence-electron chi connectivity index (χ0n) is 6.37. The van der Waals surface area contributed by atoms with E-state index in [-0.39, 0.29) is 0 Å². The number of rotatable bonds is 1. The average molecular weight is 179 g/mol. The summed E-state index contributed by atoms with van der Waals surface area (Å²) in [5.41, 5.74) is 5.26. The van der Waals surface area contributed by atoms with Crippen molar-refractivity contribution in [2.75, 3.05) is 6.61 Å². The van der Waals surface area contributed by atoms with Gasteiger partial charge in [0.25, 0.3) is 0 Å². The summed E-state index contributed by atoms with van der Waals surface area (Å²) >= 11 is 0. The molecule has 5 atom stereocenters. The van der Waals surface area contributed by atoms with Crippen molar-refractivity contribution < 1.29 is 25.2 Å². The Morgan fingerprint density at radius 3 is 2.25 bits per heavy atom. The van der Waals surface area contributed by atoms with E-state index in [1.807, 2.05) is 0 Å². The summed E-state index contributed by atoms with van der Waals surface area (Å²) in [6, 6.07) is -1.04. The van der Waals surface area contributed by atoms with Gasteiger partial charge in [-0.15, -0.1) is 0 Å². The lowest BCUT2D eigenvalue weighted by atomic mass is 9.98. The van der Waals surface area contributed by atoms with Crippen molar-refractivity contribution in [2.24, 2.45) is 5.73 Å². The van der Waals surface area contributed by atoms with Crippen molar-refractivity contribution in [3.63, 3.8) is 0 Å². The van der Waals surface area contributed by atoms with Gasteiger partial charge in [0.05, 0.1) is 12.6 Å². The summed E-state index contributed by atoms with van der Waals surface area (Å²) in [5.74, 6) is 0. The van der Waals surface area contributed by atoms with Crippen LogP contribution in [-0.4, -0.2) is 57.7 Å². The van der Waals surface area contributed by atoms with Crippen LogP contribution in [0.1, 0.15) is 0 Å². The molecule has 1 fully saturated rings. The van der Waals surface area contributed by atoms with Crippen LogP contribution in [0.2, 0.25) is 0 Å². The quantitative estimate of drug-likeness (QED) is 0.288. The van der Waals surface area contributed by atoms with Gasteiger partial charge >= 0.3 is 0 Å². The predicted octanol–water partition coefficient (Wildman–Crippen LogP) is -3.26.